The number of halogens is 2. The van der Waals surface area contributed by atoms with Crippen LogP contribution in [0, 0.1) is 6.92 Å². The van der Waals surface area contributed by atoms with Gasteiger partial charge in [-0.05, 0) is 30.2 Å². The smallest absolute Gasteiger partial charge is 0.413 e. The molecule has 0 fully saturated rings. The van der Waals surface area contributed by atoms with Gasteiger partial charge in [0.1, 0.15) is 18.3 Å². The molecule has 1 aliphatic rings. The van der Waals surface area contributed by atoms with E-state index in [9.17, 15) is 23.1 Å². The number of ether oxygens (including phenoxy) is 1. The van der Waals surface area contributed by atoms with E-state index >= 15 is 0 Å². The largest absolute Gasteiger partial charge is 0.465 e. The monoisotopic (exact) mass is 570 g/mol. The molecule has 13 heteroatoms. The number of likely N-dealkylation sites (N-methyl/N-ethyl adjacent to an activating group) is 1. The van der Waals surface area contributed by atoms with Gasteiger partial charge in [-0.2, -0.15) is 0 Å². The normalized spacial score (nSPS) is 13.5. The fourth-order valence-electron chi connectivity index (χ4n) is 3.58. The standard InChI is InChI=1S/C24H28Cl2N4O6S/c1-16-19(25)7-8-20(22(16)26)37(34,35)15-27-10-12-36-14-21(31)29(2)13-17-3-5-18(6-4-17)23-28-9-11-30(23)24(32)33/h3-8,27H,9-15H2,1-2H3,(H,32,33). The Balaban J connectivity index is 1.39. The van der Waals surface area contributed by atoms with Crippen molar-refractivity contribution >= 4 is 50.9 Å². The number of hydrogen-bond donors (Lipinski definition) is 2. The Labute approximate surface area is 225 Å². The van der Waals surface area contributed by atoms with Crippen LogP contribution >= 0.6 is 23.2 Å². The Bertz CT molecular complexity index is 1280. The Morgan fingerprint density at radius 1 is 1.19 bits per heavy atom. The number of sulfone groups is 1. The Kier molecular flexibility index (Phi) is 9.91. The quantitative estimate of drug-likeness (QED) is 0.397. The third-order valence-electron chi connectivity index (χ3n) is 5.69. The molecule has 0 unspecified atom stereocenters. The lowest BCUT2D eigenvalue weighted by atomic mass is 10.1. The first-order valence-electron chi connectivity index (χ1n) is 11.3. The van der Waals surface area contributed by atoms with Gasteiger partial charge < -0.3 is 20.1 Å². The van der Waals surface area contributed by atoms with Crippen molar-refractivity contribution < 1.29 is 27.9 Å². The van der Waals surface area contributed by atoms with Crippen molar-refractivity contribution in [1.82, 2.24) is 15.1 Å². The summed E-state index contributed by atoms with van der Waals surface area (Å²) in [5.41, 5.74) is 2.06. The van der Waals surface area contributed by atoms with Gasteiger partial charge >= 0.3 is 6.09 Å². The minimum absolute atomic E-state index is 0.00441. The molecular formula is C24H28Cl2N4O6S. The minimum Gasteiger partial charge on any atom is -0.465 e. The first-order chi connectivity index (χ1) is 17.5. The SMILES string of the molecule is Cc1c(Cl)ccc(S(=O)(=O)CNCCOCC(=O)N(C)Cc2ccc(C3=NCCN3C(=O)O)cc2)c1Cl. The highest BCUT2D eigenvalue weighted by molar-refractivity contribution is 7.91. The highest BCUT2D eigenvalue weighted by Crippen LogP contribution is 2.30. The third-order valence-corrected chi connectivity index (χ3v) is 8.29. The number of carboxylic acid groups (broad SMARTS) is 1. The summed E-state index contributed by atoms with van der Waals surface area (Å²) >= 11 is 12.1. The maximum Gasteiger partial charge on any atom is 0.413 e. The molecule has 2 amide bonds. The molecule has 0 aromatic heterocycles. The number of nitrogens with one attached hydrogen (secondary N) is 1. The first-order valence-corrected chi connectivity index (χ1v) is 13.8. The summed E-state index contributed by atoms with van der Waals surface area (Å²) in [5, 5.41) is 12.5. The van der Waals surface area contributed by atoms with Crippen LogP contribution in [0.25, 0.3) is 0 Å². The molecule has 2 N–H and O–H groups in total. The molecule has 0 atom stereocenters. The van der Waals surface area contributed by atoms with E-state index in [1.165, 1.54) is 21.9 Å². The number of amides is 2. The number of hydrogen-bond acceptors (Lipinski definition) is 7. The van der Waals surface area contributed by atoms with Crippen molar-refractivity contribution in [2.24, 2.45) is 4.99 Å². The lowest BCUT2D eigenvalue weighted by molar-refractivity contribution is -0.135. The summed E-state index contributed by atoms with van der Waals surface area (Å²) in [4.78, 5) is 30.7. The van der Waals surface area contributed by atoms with Crippen LogP contribution in [-0.4, -0.2) is 86.9 Å². The van der Waals surface area contributed by atoms with Crippen molar-refractivity contribution in [3.8, 4) is 0 Å². The predicted octanol–water partition coefficient (Wildman–Crippen LogP) is 3.04. The van der Waals surface area contributed by atoms with Crippen LogP contribution in [-0.2, 0) is 25.9 Å². The van der Waals surface area contributed by atoms with E-state index < -0.39 is 15.9 Å². The van der Waals surface area contributed by atoms with Crippen molar-refractivity contribution in [1.29, 1.82) is 0 Å². The zero-order valence-corrected chi connectivity index (χ0v) is 22.7. The van der Waals surface area contributed by atoms with Gasteiger partial charge in [-0.15, -0.1) is 0 Å². The molecule has 0 spiro atoms. The molecule has 1 aliphatic heterocycles. The zero-order valence-electron chi connectivity index (χ0n) is 20.4. The van der Waals surface area contributed by atoms with Gasteiger partial charge in [0.25, 0.3) is 0 Å². The molecular weight excluding hydrogens is 543 g/mol. The van der Waals surface area contributed by atoms with Crippen LogP contribution in [0.3, 0.4) is 0 Å². The summed E-state index contributed by atoms with van der Waals surface area (Å²) in [5.74, 6) is -0.153. The summed E-state index contributed by atoms with van der Waals surface area (Å²) < 4.78 is 30.5. The number of carbonyl (C=O) groups is 2. The summed E-state index contributed by atoms with van der Waals surface area (Å²) in [6.45, 7) is 2.96. The highest BCUT2D eigenvalue weighted by Gasteiger charge is 2.24. The summed E-state index contributed by atoms with van der Waals surface area (Å²) in [6, 6.07) is 10.1. The molecule has 0 bridgehead atoms. The van der Waals surface area contributed by atoms with Crippen molar-refractivity contribution in [3.05, 3.63) is 63.1 Å². The van der Waals surface area contributed by atoms with E-state index in [1.54, 1.807) is 26.1 Å². The Morgan fingerprint density at radius 2 is 1.89 bits per heavy atom. The molecule has 0 radical (unpaired) electrons. The third kappa shape index (κ3) is 7.42. The predicted molar refractivity (Wildman–Crippen MR) is 141 cm³/mol. The maximum absolute atomic E-state index is 12.5. The van der Waals surface area contributed by atoms with E-state index in [1.807, 2.05) is 12.1 Å². The zero-order chi connectivity index (χ0) is 27.2. The lowest BCUT2D eigenvalue weighted by Crippen LogP contribution is -2.33. The van der Waals surface area contributed by atoms with E-state index in [4.69, 9.17) is 27.9 Å². The van der Waals surface area contributed by atoms with E-state index in [-0.39, 0.29) is 41.5 Å². The van der Waals surface area contributed by atoms with Crippen molar-refractivity contribution in [2.45, 2.75) is 18.4 Å². The molecule has 3 rings (SSSR count). The summed E-state index contributed by atoms with van der Waals surface area (Å²) in [7, 11) is -2.02. The summed E-state index contributed by atoms with van der Waals surface area (Å²) in [6.07, 6.45) is -1.04. The molecule has 1 heterocycles. The average molecular weight is 571 g/mol. The Hall–Kier alpha value is -2.70. The number of benzene rings is 2. The van der Waals surface area contributed by atoms with E-state index in [0.29, 0.717) is 41.6 Å². The van der Waals surface area contributed by atoms with Crippen molar-refractivity contribution in [3.63, 3.8) is 0 Å². The lowest BCUT2D eigenvalue weighted by Gasteiger charge is -2.18. The molecule has 37 heavy (non-hydrogen) atoms. The van der Waals surface area contributed by atoms with Gasteiger partial charge in [0, 0.05) is 30.7 Å². The van der Waals surface area contributed by atoms with Crippen LogP contribution in [0.4, 0.5) is 4.79 Å². The fourth-order valence-corrected chi connectivity index (χ4v) is 5.57. The molecule has 10 nitrogen and oxygen atoms in total. The number of rotatable bonds is 11. The maximum atomic E-state index is 12.5. The average Bonchev–Trinajstić information content (AvgIpc) is 3.35. The molecule has 0 saturated carbocycles. The van der Waals surface area contributed by atoms with Gasteiger partial charge in [-0.1, -0.05) is 47.5 Å². The number of carbonyl (C=O) groups excluding carboxylic acids is 1. The van der Waals surface area contributed by atoms with Gasteiger partial charge in [0.2, 0.25) is 5.91 Å². The highest BCUT2D eigenvalue weighted by atomic mass is 35.5. The van der Waals surface area contributed by atoms with Crippen LogP contribution in [0.5, 0.6) is 0 Å². The van der Waals surface area contributed by atoms with Crippen LogP contribution in [0.2, 0.25) is 10.0 Å². The van der Waals surface area contributed by atoms with Gasteiger partial charge in [-0.25, -0.2) is 13.2 Å². The van der Waals surface area contributed by atoms with Gasteiger partial charge in [-0.3, -0.25) is 14.7 Å². The molecule has 0 aliphatic carbocycles. The fraction of sp³-hybridized carbons (Fsp3) is 0.375. The second-order valence-electron chi connectivity index (χ2n) is 8.38. The number of aliphatic imine (C=N–C) groups is 1. The Morgan fingerprint density at radius 3 is 2.57 bits per heavy atom. The van der Waals surface area contributed by atoms with E-state index in [0.717, 1.165) is 5.56 Å². The van der Waals surface area contributed by atoms with Gasteiger partial charge in [0.05, 0.1) is 29.6 Å². The van der Waals surface area contributed by atoms with Gasteiger partial charge in [0.15, 0.2) is 9.84 Å². The van der Waals surface area contributed by atoms with Crippen LogP contribution in [0.1, 0.15) is 16.7 Å². The van der Waals surface area contributed by atoms with Crippen molar-refractivity contribution in [2.75, 3.05) is 45.8 Å². The second-order valence-corrected chi connectivity index (χ2v) is 11.1. The molecule has 2 aromatic carbocycles. The number of amidine groups is 1. The first kappa shape index (κ1) is 28.9. The molecule has 2 aromatic rings. The van der Waals surface area contributed by atoms with Crippen LogP contribution < -0.4 is 5.32 Å². The topological polar surface area (TPSA) is 129 Å². The molecule has 200 valence electrons. The number of nitrogens with zero attached hydrogens (tertiary/aromatic N) is 3. The second kappa shape index (κ2) is 12.7. The van der Waals surface area contributed by atoms with Crippen LogP contribution in [0.15, 0.2) is 46.3 Å². The van der Waals surface area contributed by atoms with E-state index in [2.05, 4.69) is 10.3 Å². The molecule has 0 saturated heterocycles. The minimum atomic E-state index is -3.67.